The van der Waals surface area contributed by atoms with Gasteiger partial charge in [0, 0.05) is 6.54 Å². The molecule has 0 aliphatic carbocycles. The lowest BCUT2D eigenvalue weighted by Crippen LogP contribution is -1.96. The Morgan fingerprint density at radius 3 is 3.20 bits per heavy atom. The standard InChI is InChI=1S/C11H14N2O2/c1-2-5-13-8-11(7-12-13)15-9-10-4-3-6-14-10/h3-4,6-8H,2,5,9H2,1H3. The van der Waals surface area contributed by atoms with Crippen LogP contribution in [-0.2, 0) is 13.2 Å². The van der Waals surface area contributed by atoms with Gasteiger partial charge in [0.25, 0.3) is 0 Å². The minimum atomic E-state index is 0.449. The zero-order valence-electron chi connectivity index (χ0n) is 8.72. The quantitative estimate of drug-likeness (QED) is 0.754. The fraction of sp³-hybridized carbons (Fsp3) is 0.364. The Hall–Kier alpha value is -1.71. The third-order valence-electron chi connectivity index (χ3n) is 2.02. The van der Waals surface area contributed by atoms with Crippen molar-refractivity contribution in [3.05, 3.63) is 36.5 Å². The van der Waals surface area contributed by atoms with Crippen molar-refractivity contribution >= 4 is 0 Å². The first-order valence-electron chi connectivity index (χ1n) is 5.06. The lowest BCUT2D eigenvalue weighted by molar-refractivity contribution is 0.270. The molecule has 0 amide bonds. The van der Waals surface area contributed by atoms with E-state index in [0.29, 0.717) is 6.61 Å². The molecule has 15 heavy (non-hydrogen) atoms. The summed E-state index contributed by atoms with van der Waals surface area (Å²) in [5, 5.41) is 4.17. The molecule has 0 saturated heterocycles. The third kappa shape index (κ3) is 2.62. The molecule has 80 valence electrons. The monoisotopic (exact) mass is 206 g/mol. The molecule has 0 aliphatic heterocycles. The topological polar surface area (TPSA) is 40.2 Å². The predicted molar refractivity (Wildman–Crippen MR) is 55.6 cm³/mol. The van der Waals surface area contributed by atoms with Gasteiger partial charge < -0.3 is 9.15 Å². The summed E-state index contributed by atoms with van der Waals surface area (Å²) in [7, 11) is 0. The molecular formula is C11H14N2O2. The lowest BCUT2D eigenvalue weighted by Gasteiger charge is -1.99. The summed E-state index contributed by atoms with van der Waals surface area (Å²) >= 11 is 0. The zero-order valence-corrected chi connectivity index (χ0v) is 8.72. The molecule has 0 radical (unpaired) electrons. The van der Waals surface area contributed by atoms with Crippen LogP contribution >= 0.6 is 0 Å². The first-order chi connectivity index (χ1) is 7.38. The van der Waals surface area contributed by atoms with Crippen molar-refractivity contribution in [2.75, 3.05) is 0 Å². The van der Waals surface area contributed by atoms with Crippen molar-refractivity contribution in [3.63, 3.8) is 0 Å². The molecule has 0 unspecified atom stereocenters. The number of ether oxygens (including phenoxy) is 1. The van der Waals surface area contributed by atoms with Crippen molar-refractivity contribution < 1.29 is 9.15 Å². The van der Waals surface area contributed by atoms with Gasteiger partial charge >= 0.3 is 0 Å². The summed E-state index contributed by atoms with van der Waals surface area (Å²) < 4.78 is 12.5. The molecule has 0 bridgehead atoms. The fourth-order valence-corrected chi connectivity index (χ4v) is 1.32. The van der Waals surface area contributed by atoms with Crippen molar-refractivity contribution in [1.82, 2.24) is 9.78 Å². The van der Waals surface area contributed by atoms with Gasteiger partial charge in [-0.25, -0.2) is 0 Å². The van der Waals surface area contributed by atoms with Crippen molar-refractivity contribution in [2.45, 2.75) is 26.5 Å². The molecule has 0 spiro atoms. The highest BCUT2D eigenvalue weighted by molar-refractivity contribution is 5.12. The molecule has 0 saturated carbocycles. The Kier molecular flexibility index (Phi) is 3.07. The summed E-state index contributed by atoms with van der Waals surface area (Å²) in [6.07, 6.45) is 6.32. The summed E-state index contributed by atoms with van der Waals surface area (Å²) in [5.74, 6) is 1.60. The van der Waals surface area contributed by atoms with Gasteiger partial charge in [0.2, 0.25) is 0 Å². The summed E-state index contributed by atoms with van der Waals surface area (Å²) in [5.41, 5.74) is 0. The minimum Gasteiger partial charge on any atom is -0.482 e. The smallest absolute Gasteiger partial charge is 0.157 e. The second kappa shape index (κ2) is 4.68. The van der Waals surface area contributed by atoms with Crippen LogP contribution < -0.4 is 4.74 Å². The number of rotatable bonds is 5. The van der Waals surface area contributed by atoms with Gasteiger partial charge in [-0.3, -0.25) is 4.68 Å². The Balaban J connectivity index is 1.88. The van der Waals surface area contributed by atoms with Crippen LogP contribution in [0.25, 0.3) is 0 Å². The van der Waals surface area contributed by atoms with E-state index in [0.717, 1.165) is 24.5 Å². The van der Waals surface area contributed by atoms with E-state index in [9.17, 15) is 0 Å². The molecular weight excluding hydrogens is 192 g/mol. The van der Waals surface area contributed by atoms with Crippen LogP contribution in [0.15, 0.2) is 35.2 Å². The molecule has 0 aromatic carbocycles. The number of nitrogens with zero attached hydrogens (tertiary/aromatic N) is 2. The van der Waals surface area contributed by atoms with Gasteiger partial charge in [-0.15, -0.1) is 0 Å². The maximum atomic E-state index is 5.50. The second-order valence-electron chi connectivity index (χ2n) is 3.31. The van der Waals surface area contributed by atoms with Gasteiger partial charge in [-0.05, 0) is 18.6 Å². The van der Waals surface area contributed by atoms with Crippen molar-refractivity contribution in [2.24, 2.45) is 0 Å². The van der Waals surface area contributed by atoms with E-state index < -0.39 is 0 Å². The van der Waals surface area contributed by atoms with E-state index in [1.54, 1.807) is 12.5 Å². The van der Waals surface area contributed by atoms with E-state index in [-0.39, 0.29) is 0 Å². The number of aryl methyl sites for hydroxylation is 1. The van der Waals surface area contributed by atoms with Crippen LogP contribution in [0.3, 0.4) is 0 Å². The number of aromatic nitrogens is 2. The fourth-order valence-electron chi connectivity index (χ4n) is 1.32. The molecule has 2 aromatic heterocycles. The maximum Gasteiger partial charge on any atom is 0.157 e. The van der Waals surface area contributed by atoms with Crippen molar-refractivity contribution in [1.29, 1.82) is 0 Å². The van der Waals surface area contributed by atoms with E-state index in [4.69, 9.17) is 9.15 Å². The largest absolute Gasteiger partial charge is 0.482 e. The third-order valence-corrected chi connectivity index (χ3v) is 2.02. The molecule has 4 heteroatoms. The van der Waals surface area contributed by atoms with E-state index in [2.05, 4.69) is 12.0 Å². The predicted octanol–water partition coefficient (Wildman–Crippen LogP) is 2.47. The molecule has 2 aromatic rings. The zero-order chi connectivity index (χ0) is 10.5. The van der Waals surface area contributed by atoms with Gasteiger partial charge in [0.15, 0.2) is 5.75 Å². The highest BCUT2D eigenvalue weighted by atomic mass is 16.5. The molecule has 2 heterocycles. The Bertz CT molecular complexity index is 392. The first-order valence-corrected chi connectivity index (χ1v) is 5.06. The Morgan fingerprint density at radius 2 is 2.47 bits per heavy atom. The van der Waals surface area contributed by atoms with Crippen LogP contribution in [0.1, 0.15) is 19.1 Å². The van der Waals surface area contributed by atoms with E-state index >= 15 is 0 Å². The lowest BCUT2D eigenvalue weighted by atomic mass is 10.5. The molecule has 0 fully saturated rings. The van der Waals surface area contributed by atoms with Crippen LogP contribution in [-0.4, -0.2) is 9.78 Å². The number of hydrogen-bond acceptors (Lipinski definition) is 3. The number of hydrogen-bond donors (Lipinski definition) is 0. The molecule has 0 aliphatic rings. The van der Waals surface area contributed by atoms with Gasteiger partial charge in [-0.2, -0.15) is 5.10 Å². The molecule has 0 N–H and O–H groups in total. The molecule has 2 rings (SSSR count). The minimum absolute atomic E-state index is 0.449. The highest BCUT2D eigenvalue weighted by Gasteiger charge is 2.00. The molecule has 0 atom stereocenters. The average Bonchev–Trinajstić information content (AvgIpc) is 2.85. The normalized spacial score (nSPS) is 10.5. The first kappa shape index (κ1) is 9.83. The Labute approximate surface area is 88.5 Å². The van der Waals surface area contributed by atoms with E-state index in [1.165, 1.54) is 0 Å². The average molecular weight is 206 g/mol. The van der Waals surface area contributed by atoms with Crippen LogP contribution in [0.5, 0.6) is 5.75 Å². The van der Waals surface area contributed by atoms with Gasteiger partial charge in [-0.1, -0.05) is 6.92 Å². The van der Waals surface area contributed by atoms with Crippen molar-refractivity contribution in [3.8, 4) is 5.75 Å². The van der Waals surface area contributed by atoms with Crippen LogP contribution in [0.2, 0.25) is 0 Å². The summed E-state index contributed by atoms with van der Waals surface area (Å²) in [4.78, 5) is 0. The maximum absolute atomic E-state index is 5.50. The summed E-state index contributed by atoms with van der Waals surface area (Å²) in [6.45, 7) is 3.49. The van der Waals surface area contributed by atoms with Gasteiger partial charge in [0.1, 0.15) is 12.4 Å². The number of furan rings is 1. The van der Waals surface area contributed by atoms with Gasteiger partial charge in [0.05, 0.1) is 18.7 Å². The van der Waals surface area contributed by atoms with Crippen LogP contribution in [0.4, 0.5) is 0 Å². The highest BCUT2D eigenvalue weighted by Crippen LogP contribution is 2.11. The second-order valence-corrected chi connectivity index (χ2v) is 3.31. The Morgan fingerprint density at radius 1 is 1.53 bits per heavy atom. The SMILES string of the molecule is CCCn1cc(OCc2ccco2)cn1. The van der Waals surface area contributed by atoms with Crippen LogP contribution in [0, 0.1) is 0 Å². The summed E-state index contributed by atoms with van der Waals surface area (Å²) in [6, 6.07) is 3.73. The van der Waals surface area contributed by atoms with E-state index in [1.807, 2.05) is 23.0 Å². The molecule has 4 nitrogen and oxygen atoms in total.